The van der Waals surface area contributed by atoms with E-state index in [0.717, 1.165) is 5.69 Å². The summed E-state index contributed by atoms with van der Waals surface area (Å²) in [6.45, 7) is 2.09. The van der Waals surface area contributed by atoms with Gasteiger partial charge in [0, 0.05) is 13.1 Å². The summed E-state index contributed by atoms with van der Waals surface area (Å²) in [6.07, 6.45) is 3.10. The van der Waals surface area contributed by atoms with Gasteiger partial charge >= 0.3 is 0 Å². The van der Waals surface area contributed by atoms with Gasteiger partial charge < -0.3 is 16.2 Å². The first-order valence-corrected chi connectivity index (χ1v) is 5.34. The second-order valence-corrected chi connectivity index (χ2v) is 3.90. The molecule has 0 radical (unpaired) electrons. The van der Waals surface area contributed by atoms with Gasteiger partial charge in [-0.05, 0) is 0 Å². The predicted molar refractivity (Wildman–Crippen MR) is 60.7 cm³/mol. The number of aromatic nitrogens is 2. The van der Waals surface area contributed by atoms with Crippen LogP contribution in [-0.4, -0.2) is 46.6 Å². The maximum atomic E-state index is 11.3. The summed E-state index contributed by atoms with van der Waals surface area (Å²) in [5.41, 5.74) is 11.5. The molecule has 0 aliphatic carbocycles. The number of anilines is 1. The van der Waals surface area contributed by atoms with Crippen molar-refractivity contribution >= 4 is 11.7 Å². The summed E-state index contributed by atoms with van der Waals surface area (Å²) in [5, 5.41) is 0. The molecular weight excluding hydrogens is 222 g/mol. The molecule has 4 N–H and O–H groups in total. The van der Waals surface area contributed by atoms with Crippen molar-refractivity contribution in [2.75, 3.05) is 25.5 Å². The lowest BCUT2D eigenvalue weighted by molar-refractivity contribution is -0.129. The van der Waals surface area contributed by atoms with Crippen molar-refractivity contribution in [1.82, 2.24) is 14.9 Å². The Bertz CT molecular complexity index is 394. The molecule has 7 heteroatoms. The van der Waals surface area contributed by atoms with Crippen molar-refractivity contribution in [3.63, 3.8) is 0 Å². The third-order valence-corrected chi connectivity index (χ3v) is 2.66. The molecule has 0 aromatic carbocycles. The van der Waals surface area contributed by atoms with Crippen LogP contribution in [0.15, 0.2) is 12.4 Å². The molecule has 1 atom stereocenters. The van der Waals surface area contributed by atoms with Crippen LogP contribution in [0, 0.1) is 0 Å². The van der Waals surface area contributed by atoms with E-state index in [1.807, 2.05) is 4.90 Å². The fourth-order valence-corrected chi connectivity index (χ4v) is 1.74. The van der Waals surface area contributed by atoms with E-state index in [9.17, 15) is 4.79 Å². The summed E-state index contributed by atoms with van der Waals surface area (Å²) in [6, 6.07) is -0.400. The Hall–Kier alpha value is -1.73. The number of rotatable bonds is 3. The summed E-state index contributed by atoms with van der Waals surface area (Å²) >= 11 is 0. The third kappa shape index (κ3) is 2.89. The Morgan fingerprint density at radius 3 is 3.00 bits per heavy atom. The first-order chi connectivity index (χ1) is 8.16. The van der Waals surface area contributed by atoms with Crippen LogP contribution >= 0.6 is 0 Å². The maximum Gasteiger partial charge on any atom is 0.237 e. The van der Waals surface area contributed by atoms with Gasteiger partial charge in [-0.15, -0.1) is 0 Å². The van der Waals surface area contributed by atoms with E-state index in [1.54, 1.807) is 6.20 Å². The average Bonchev–Trinajstić information content (AvgIpc) is 2.32. The molecule has 0 saturated carbocycles. The van der Waals surface area contributed by atoms with Gasteiger partial charge in [-0.25, -0.2) is 4.98 Å². The Balaban J connectivity index is 2.05. The van der Waals surface area contributed by atoms with E-state index in [1.165, 1.54) is 6.20 Å². The number of hydrogen-bond acceptors (Lipinski definition) is 6. The Morgan fingerprint density at radius 1 is 1.53 bits per heavy atom. The molecule has 92 valence electrons. The second-order valence-electron chi connectivity index (χ2n) is 3.90. The normalized spacial score (nSPS) is 21.3. The fraction of sp³-hybridized carbons (Fsp3) is 0.500. The van der Waals surface area contributed by atoms with Crippen LogP contribution in [0.2, 0.25) is 0 Å². The minimum Gasteiger partial charge on any atom is -0.382 e. The minimum absolute atomic E-state index is 0.331. The molecule has 0 bridgehead atoms. The van der Waals surface area contributed by atoms with Crippen LogP contribution in [0.3, 0.4) is 0 Å². The van der Waals surface area contributed by atoms with Crippen molar-refractivity contribution in [3.8, 4) is 0 Å². The van der Waals surface area contributed by atoms with Crippen molar-refractivity contribution in [1.29, 1.82) is 0 Å². The molecule has 17 heavy (non-hydrogen) atoms. The molecule has 1 aromatic heterocycles. The van der Waals surface area contributed by atoms with E-state index < -0.39 is 6.04 Å². The molecule has 1 amide bonds. The topological polar surface area (TPSA) is 107 Å². The smallest absolute Gasteiger partial charge is 0.237 e. The highest BCUT2D eigenvalue weighted by molar-refractivity contribution is 5.80. The highest BCUT2D eigenvalue weighted by Gasteiger charge is 2.27. The van der Waals surface area contributed by atoms with Gasteiger partial charge in [0.2, 0.25) is 5.91 Å². The summed E-state index contributed by atoms with van der Waals surface area (Å²) in [5.74, 6) is -0.00437. The zero-order chi connectivity index (χ0) is 12.3. The summed E-state index contributed by atoms with van der Waals surface area (Å²) in [4.78, 5) is 21.3. The standard InChI is InChI=1S/C10H15N5O2/c11-9-4-13-7(3-14-9)5-15-1-2-17-6-8(15)10(12)16/h3-4,8H,1-2,5-6H2,(H2,11,14)(H2,12,16). The van der Waals surface area contributed by atoms with E-state index in [4.69, 9.17) is 16.2 Å². The average molecular weight is 237 g/mol. The SMILES string of the molecule is NC(=O)C1COCCN1Cc1cnc(N)cn1. The molecule has 1 saturated heterocycles. The zero-order valence-electron chi connectivity index (χ0n) is 9.37. The molecule has 0 spiro atoms. The van der Waals surface area contributed by atoms with E-state index in [2.05, 4.69) is 9.97 Å². The van der Waals surface area contributed by atoms with Gasteiger partial charge in [0.1, 0.15) is 11.9 Å². The van der Waals surface area contributed by atoms with Gasteiger partial charge in [0.25, 0.3) is 0 Å². The highest BCUT2D eigenvalue weighted by Crippen LogP contribution is 2.10. The number of ether oxygens (including phenoxy) is 1. The largest absolute Gasteiger partial charge is 0.382 e. The number of nitrogens with zero attached hydrogens (tertiary/aromatic N) is 3. The summed E-state index contributed by atoms with van der Waals surface area (Å²) in [7, 11) is 0. The number of amides is 1. The summed E-state index contributed by atoms with van der Waals surface area (Å²) < 4.78 is 5.23. The number of morpholine rings is 1. The first kappa shape index (κ1) is 11.7. The molecule has 2 heterocycles. The second kappa shape index (κ2) is 5.07. The lowest BCUT2D eigenvalue weighted by Gasteiger charge is -2.32. The number of nitrogen functional groups attached to an aromatic ring is 1. The fourth-order valence-electron chi connectivity index (χ4n) is 1.74. The number of hydrogen-bond donors (Lipinski definition) is 2. The monoisotopic (exact) mass is 237 g/mol. The van der Waals surface area contributed by atoms with Crippen LogP contribution in [0.1, 0.15) is 5.69 Å². The van der Waals surface area contributed by atoms with Crippen molar-refractivity contribution < 1.29 is 9.53 Å². The van der Waals surface area contributed by atoms with Gasteiger partial charge in [0.05, 0.1) is 31.3 Å². The number of carbonyl (C=O) groups is 1. The van der Waals surface area contributed by atoms with Crippen molar-refractivity contribution in [2.24, 2.45) is 5.73 Å². The molecule has 1 aliphatic rings. The van der Waals surface area contributed by atoms with Crippen molar-refractivity contribution in [3.05, 3.63) is 18.1 Å². The maximum absolute atomic E-state index is 11.3. The quantitative estimate of drug-likeness (QED) is 0.679. The molecule has 1 unspecified atom stereocenters. The van der Waals surface area contributed by atoms with Crippen LogP contribution < -0.4 is 11.5 Å². The van der Waals surface area contributed by atoms with Gasteiger partial charge in [-0.2, -0.15) is 0 Å². The van der Waals surface area contributed by atoms with Gasteiger partial charge in [-0.1, -0.05) is 0 Å². The Morgan fingerprint density at radius 2 is 2.35 bits per heavy atom. The van der Waals surface area contributed by atoms with E-state index in [0.29, 0.717) is 32.1 Å². The Labute approximate surface area is 98.8 Å². The highest BCUT2D eigenvalue weighted by atomic mass is 16.5. The van der Waals surface area contributed by atoms with Crippen LogP contribution in [0.4, 0.5) is 5.82 Å². The van der Waals surface area contributed by atoms with Gasteiger partial charge in [-0.3, -0.25) is 14.7 Å². The lowest BCUT2D eigenvalue weighted by Crippen LogP contribution is -2.51. The number of primary amides is 1. The van der Waals surface area contributed by atoms with E-state index in [-0.39, 0.29) is 5.91 Å². The molecular formula is C10H15N5O2. The molecule has 7 nitrogen and oxygen atoms in total. The van der Waals surface area contributed by atoms with Crippen molar-refractivity contribution in [2.45, 2.75) is 12.6 Å². The van der Waals surface area contributed by atoms with Gasteiger partial charge in [0.15, 0.2) is 0 Å². The molecule has 1 fully saturated rings. The Kier molecular flexibility index (Phi) is 3.50. The zero-order valence-corrected chi connectivity index (χ0v) is 9.37. The predicted octanol–water partition coefficient (Wildman–Crippen LogP) is -1.26. The molecule has 1 aromatic rings. The van der Waals surface area contributed by atoms with E-state index >= 15 is 0 Å². The van der Waals surface area contributed by atoms with Crippen LogP contribution in [0.5, 0.6) is 0 Å². The third-order valence-electron chi connectivity index (χ3n) is 2.66. The van der Waals surface area contributed by atoms with Crippen LogP contribution in [0.25, 0.3) is 0 Å². The minimum atomic E-state index is -0.400. The first-order valence-electron chi connectivity index (χ1n) is 5.34. The number of carbonyl (C=O) groups excluding carboxylic acids is 1. The molecule has 2 rings (SSSR count). The lowest BCUT2D eigenvalue weighted by atomic mass is 10.2. The van der Waals surface area contributed by atoms with Crippen LogP contribution in [-0.2, 0) is 16.1 Å². The number of nitrogens with two attached hydrogens (primary N) is 2. The molecule has 1 aliphatic heterocycles.